The highest BCUT2D eigenvalue weighted by Gasteiger charge is 2.13. The minimum Gasteiger partial charge on any atom is -0.394 e. The van der Waals surface area contributed by atoms with Crippen molar-refractivity contribution in [3.05, 3.63) is 17.5 Å². The average molecular weight is 223 g/mol. The fraction of sp³-hybridized carbons (Fsp3) is 0.667. The van der Waals surface area contributed by atoms with Crippen molar-refractivity contribution >= 4 is 5.95 Å². The van der Waals surface area contributed by atoms with E-state index in [-0.39, 0.29) is 12.6 Å². The summed E-state index contributed by atoms with van der Waals surface area (Å²) >= 11 is 0. The summed E-state index contributed by atoms with van der Waals surface area (Å²) in [5, 5.41) is 9.12. The number of rotatable bonds is 4. The van der Waals surface area contributed by atoms with Crippen LogP contribution in [0.25, 0.3) is 0 Å². The normalized spacial score (nSPS) is 12.9. The van der Waals surface area contributed by atoms with E-state index < -0.39 is 0 Å². The van der Waals surface area contributed by atoms with Crippen LogP contribution in [0.2, 0.25) is 0 Å². The number of aromatic nitrogens is 2. The Morgan fingerprint density at radius 1 is 1.31 bits per heavy atom. The van der Waals surface area contributed by atoms with E-state index in [4.69, 9.17) is 5.11 Å². The maximum absolute atomic E-state index is 9.12. The van der Waals surface area contributed by atoms with Crippen LogP contribution in [-0.2, 0) is 0 Å². The quantitative estimate of drug-likeness (QED) is 0.844. The van der Waals surface area contributed by atoms with Crippen LogP contribution >= 0.6 is 0 Å². The number of nitrogens with zero attached hydrogens (tertiary/aromatic N) is 3. The Morgan fingerprint density at radius 2 is 1.94 bits per heavy atom. The van der Waals surface area contributed by atoms with E-state index in [1.165, 1.54) is 0 Å². The van der Waals surface area contributed by atoms with Crippen LogP contribution in [0.1, 0.15) is 38.1 Å². The molecule has 0 saturated carbocycles. The van der Waals surface area contributed by atoms with Gasteiger partial charge in [0.1, 0.15) is 0 Å². The summed E-state index contributed by atoms with van der Waals surface area (Å²) in [7, 11) is 1.90. The van der Waals surface area contributed by atoms with E-state index in [9.17, 15) is 0 Å². The van der Waals surface area contributed by atoms with Crippen molar-refractivity contribution in [3.63, 3.8) is 0 Å². The fourth-order valence-corrected chi connectivity index (χ4v) is 1.35. The molecule has 0 saturated heterocycles. The van der Waals surface area contributed by atoms with Gasteiger partial charge < -0.3 is 10.0 Å². The fourth-order valence-electron chi connectivity index (χ4n) is 1.35. The lowest BCUT2D eigenvalue weighted by atomic mass is 10.1. The first-order chi connectivity index (χ1) is 7.45. The standard InChI is InChI=1S/C12H21N3O/c1-8(2)11-6-9(3)13-12(14-11)15(5)10(4)7-16/h6,8,10,16H,7H2,1-5H3. The first-order valence-corrected chi connectivity index (χ1v) is 5.65. The highest BCUT2D eigenvalue weighted by molar-refractivity contribution is 5.33. The second kappa shape index (κ2) is 5.25. The third-order valence-corrected chi connectivity index (χ3v) is 2.69. The number of hydrogen-bond acceptors (Lipinski definition) is 4. The lowest BCUT2D eigenvalue weighted by Gasteiger charge is -2.24. The number of aliphatic hydroxyl groups is 1. The van der Waals surface area contributed by atoms with Gasteiger partial charge >= 0.3 is 0 Å². The molecule has 90 valence electrons. The third kappa shape index (κ3) is 2.92. The van der Waals surface area contributed by atoms with E-state index in [0.29, 0.717) is 11.9 Å². The van der Waals surface area contributed by atoms with Gasteiger partial charge in [-0.05, 0) is 25.8 Å². The van der Waals surface area contributed by atoms with Gasteiger partial charge in [-0.25, -0.2) is 9.97 Å². The molecule has 1 N–H and O–H groups in total. The number of anilines is 1. The molecule has 4 heteroatoms. The van der Waals surface area contributed by atoms with Gasteiger partial charge in [0.25, 0.3) is 0 Å². The maximum Gasteiger partial charge on any atom is 0.225 e. The number of likely N-dealkylation sites (N-methyl/N-ethyl adjacent to an activating group) is 1. The number of aliphatic hydroxyl groups excluding tert-OH is 1. The van der Waals surface area contributed by atoms with Gasteiger partial charge in [-0.2, -0.15) is 0 Å². The Morgan fingerprint density at radius 3 is 2.44 bits per heavy atom. The van der Waals surface area contributed by atoms with Crippen molar-refractivity contribution < 1.29 is 5.11 Å². The van der Waals surface area contributed by atoms with Crippen LogP contribution in [0, 0.1) is 6.92 Å². The van der Waals surface area contributed by atoms with E-state index >= 15 is 0 Å². The molecular formula is C12H21N3O. The Kier molecular flexibility index (Phi) is 4.24. The molecule has 4 nitrogen and oxygen atoms in total. The molecule has 0 aliphatic carbocycles. The summed E-state index contributed by atoms with van der Waals surface area (Å²) in [6.07, 6.45) is 0. The molecule has 1 heterocycles. The summed E-state index contributed by atoms with van der Waals surface area (Å²) in [4.78, 5) is 10.8. The first kappa shape index (κ1) is 12.9. The van der Waals surface area contributed by atoms with Gasteiger partial charge in [0.15, 0.2) is 0 Å². The van der Waals surface area contributed by atoms with Gasteiger partial charge in [0.05, 0.1) is 12.6 Å². The molecule has 1 rings (SSSR count). The van der Waals surface area contributed by atoms with Gasteiger partial charge in [0, 0.05) is 18.4 Å². The van der Waals surface area contributed by atoms with Gasteiger partial charge in [-0.1, -0.05) is 13.8 Å². The summed E-state index contributed by atoms with van der Waals surface area (Å²) in [5.41, 5.74) is 2.00. The van der Waals surface area contributed by atoms with Gasteiger partial charge in [-0.15, -0.1) is 0 Å². The zero-order valence-corrected chi connectivity index (χ0v) is 10.7. The Balaban J connectivity index is 3.04. The zero-order valence-electron chi connectivity index (χ0n) is 10.7. The van der Waals surface area contributed by atoms with Crippen molar-refractivity contribution in [2.45, 2.75) is 39.7 Å². The molecule has 1 aromatic heterocycles. The molecule has 1 unspecified atom stereocenters. The van der Waals surface area contributed by atoms with E-state index in [1.807, 2.05) is 31.9 Å². The summed E-state index contributed by atoms with van der Waals surface area (Å²) in [5.74, 6) is 1.07. The summed E-state index contributed by atoms with van der Waals surface area (Å²) in [6, 6.07) is 2.04. The molecular weight excluding hydrogens is 202 g/mol. The molecule has 0 fully saturated rings. The van der Waals surface area contributed by atoms with Crippen molar-refractivity contribution in [1.82, 2.24) is 9.97 Å². The lowest BCUT2D eigenvalue weighted by Crippen LogP contribution is -2.33. The van der Waals surface area contributed by atoms with Crippen LogP contribution in [-0.4, -0.2) is 34.8 Å². The molecule has 0 amide bonds. The number of aryl methyl sites for hydroxylation is 1. The Bertz CT molecular complexity index is 352. The topological polar surface area (TPSA) is 49.2 Å². The predicted octanol–water partition coefficient (Wildman–Crippen LogP) is 1.73. The predicted molar refractivity (Wildman–Crippen MR) is 65.8 cm³/mol. The van der Waals surface area contributed by atoms with Gasteiger partial charge in [-0.3, -0.25) is 0 Å². The molecule has 0 spiro atoms. The van der Waals surface area contributed by atoms with Crippen molar-refractivity contribution in [1.29, 1.82) is 0 Å². The third-order valence-electron chi connectivity index (χ3n) is 2.69. The van der Waals surface area contributed by atoms with E-state index in [1.54, 1.807) is 0 Å². The van der Waals surface area contributed by atoms with Crippen LogP contribution in [0.4, 0.5) is 5.95 Å². The molecule has 0 aliphatic heterocycles. The SMILES string of the molecule is Cc1cc(C(C)C)nc(N(C)C(C)CO)n1. The van der Waals surface area contributed by atoms with Gasteiger partial charge in [0.2, 0.25) is 5.95 Å². The first-order valence-electron chi connectivity index (χ1n) is 5.65. The monoisotopic (exact) mass is 223 g/mol. The molecule has 1 atom stereocenters. The van der Waals surface area contributed by atoms with Crippen LogP contribution < -0.4 is 4.90 Å². The summed E-state index contributed by atoms with van der Waals surface area (Å²) < 4.78 is 0. The average Bonchev–Trinajstić information content (AvgIpc) is 2.26. The molecule has 16 heavy (non-hydrogen) atoms. The minimum absolute atomic E-state index is 0.0295. The molecule has 0 bridgehead atoms. The van der Waals surface area contributed by atoms with Crippen molar-refractivity contribution in [3.8, 4) is 0 Å². The van der Waals surface area contributed by atoms with Crippen LogP contribution in [0.5, 0.6) is 0 Å². The number of hydrogen-bond donors (Lipinski definition) is 1. The molecule has 0 aliphatic rings. The largest absolute Gasteiger partial charge is 0.394 e. The lowest BCUT2D eigenvalue weighted by molar-refractivity contribution is 0.269. The van der Waals surface area contributed by atoms with Crippen molar-refractivity contribution in [2.24, 2.45) is 0 Å². The highest BCUT2D eigenvalue weighted by Crippen LogP contribution is 2.17. The second-order valence-electron chi connectivity index (χ2n) is 4.53. The summed E-state index contributed by atoms with van der Waals surface area (Å²) in [6.45, 7) is 8.24. The maximum atomic E-state index is 9.12. The molecule has 1 aromatic rings. The Hall–Kier alpha value is -1.16. The highest BCUT2D eigenvalue weighted by atomic mass is 16.3. The van der Waals surface area contributed by atoms with E-state index in [0.717, 1.165) is 11.4 Å². The minimum atomic E-state index is 0.0295. The smallest absolute Gasteiger partial charge is 0.225 e. The molecule has 0 aromatic carbocycles. The molecule has 0 radical (unpaired) electrons. The van der Waals surface area contributed by atoms with Crippen LogP contribution in [0.3, 0.4) is 0 Å². The van der Waals surface area contributed by atoms with E-state index in [2.05, 4.69) is 23.8 Å². The van der Waals surface area contributed by atoms with Crippen LogP contribution in [0.15, 0.2) is 6.07 Å². The zero-order chi connectivity index (χ0) is 12.3. The Labute approximate surface area is 97.3 Å². The van der Waals surface area contributed by atoms with Crippen molar-refractivity contribution in [2.75, 3.05) is 18.6 Å². The second-order valence-corrected chi connectivity index (χ2v) is 4.53.